The first-order valence-corrected chi connectivity index (χ1v) is 13.5. The van der Waals surface area contributed by atoms with Crippen LogP contribution in [-0.2, 0) is 31.1 Å². The number of carbonyl (C=O) groups is 4. The molecule has 0 aliphatic carbocycles. The maximum Gasteiger partial charge on any atom is 0.253 e. The predicted molar refractivity (Wildman–Crippen MR) is 146 cm³/mol. The molecule has 196 valence electrons. The Labute approximate surface area is 226 Å². The average Bonchev–Trinajstić information content (AvgIpc) is 3.68. The summed E-state index contributed by atoms with van der Waals surface area (Å²) in [4.78, 5) is 60.4. The number of hydrogen-bond acceptors (Lipinski definition) is 5. The Kier molecular flexibility index (Phi) is 5.25. The van der Waals surface area contributed by atoms with Crippen LogP contribution in [0, 0.1) is 11.8 Å². The van der Waals surface area contributed by atoms with E-state index in [1.165, 1.54) is 9.80 Å². The summed E-state index contributed by atoms with van der Waals surface area (Å²) in [5.41, 5.74) is 2.32. The lowest BCUT2D eigenvalue weighted by atomic mass is 9.76. The number of nitrogens with zero attached hydrogens (tertiary/aromatic N) is 3. The van der Waals surface area contributed by atoms with Gasteiger partial charge >= 0.3 is 0 Å². The molecule has 1 N–H and O–H groups in total. The normalized spacial score (nSPS) is 26.9. The Morgan fingerprint density at radius 2 is 1.59 bits per heavy atom. The van der Waals surface area contributed by atoms with Crippen molar-refractivity contribution in [1.29, 1.82) is 0 Å². The van der Waals surface area contributed by atoms with E-state index >= 15 is 0 Å². The van der Waals surface area contributed by atoms with Gasteiger partial charge in [0.2, 0.25) is 17.7 Å². The van der Waals surface area contributed by atoms with Crippen LogP contribution >= 0.6 is 0 Å². The maximum absolute atomic E-state index is 14.5. The molecule has 0 saturated carbocycles. The summed E-state index contributed by atoms with van der Waals surface area (Å²) in [6, 6.07) is 23.7. The molecule has 8 nitrogen and oxygen atoms in total. The van der Waals surface area contributed by atoms with Crippen molar-refractivity contribution >= 4 is 40.7 Å². The van der Waals surface area contributed by atoms with Crippen LogP contribution in [0.25, 0.3) is 0 Å². The van der Waals surface area contributed by atoms with Crippen molar-refractivity contribution < 1.29 is 19.2 Å². The van der Waals surface area contributed by atoms with Crippen LogP contribution in [0.5, 0.6) is 0 Å². The van der Waals surface area contributed by atoms with E-state index in [2.05, 4.69) is 5.32 Å². The summed E-state index contributed by atoms with van der Waals surface area (Å²) < 4.78 is 0. The van der Waals surface area contributed by atoms with E-state index in [1.54, 1.807) is 29.2 Å². The fourth-order valence-electron chi connectivity index (χ4n) is 7.11. The highest BCUT2D eigenvalue weighted by molar-refractivity contribution is 6.26. The summed E-state index contributed by atoms with van der Waals surface area (Å²) >= 11 is 0. The molecule has 4 aliphatic rings. The quantitative estimate of drug-likeness (QED) is 0.535. The van der Waals surface area contributed by atoms with Gasteiger partial charge in [0.1, 0.15) is 12.1 Å². The van der Waals surface area contributed by atoms with Gasteiger partial charge in [-0.1, -0.05) is 61.5 Å². The summed E-state index contributed by atoms with van der Waals surface area (Å²) in [7, 11) is 0. The average molecular weight is 521 g/mol. The second-order valence-corrected chi connectivity index (χ2v) is 10.7. The van der Waals surface area contributed by atoms with E-state index in [0.717, 1.165) is 17.7 Å². The van der Waals surface area contributed by atoms with E-state index in [1.807, 2.05) is 61.5 Å². The SMILES string of the molecule is CC[C@@H]1N[C@]2(C(=O)N(CC(=O)N3CCc4ccccc43)c3ccccc32)[C@H]2C(=O)N(c3ccccc3)C(=O)[C@@H]12. The lowest BCUT2D eigenvalue weighted by Gasteiger charge is -2.30. The number of para-hydroxylation sites is 3. The minimum atomic E-state index is -1.42. The largest absolute Gasteiger partial charge is 0.310 e. The van der Waals surface area contributed by atoms with Gasteiger partial charge in [-0.3, -0.25) is 24.5 Å². The first kappa shape index (κ1) is 23.8. The number of anilines is 3. The van der Waals surface area contributed by atoms with Crippen molar-refractivity contribution in [2.75, 3.05) is 27.8 Å². The predicted octanol–water partition coefficient (Wildman–Crippen LogP) is 3.01. The number of carbonyl (C=O) groups excluding carboxylic acids is 4. The minimum Gasteiger partial charge on any atom is -0.310 e. The Morgan fingerprint density at radius 1 is 0.897 bits per heavy atom. The van der Waals surface area contributed by atoms with Crippen molar-refractivity contribution in [1.82, 2.24) is 5.32 Å². The molecule has 4 amide bonds. The van der Waals surface area contributed by atoms with Gasteiger partial charge in [0.25, 0.3) is 5.91 Å². The van der Waals surface area contributed by atoms with E-state index in [9.17, 15) is 19.2 Å². The molecule has 39 heavy (non-hydrogen) atoms. The zero-order valence-electron chi connectivity index (χ0n) is 21.5. The van der Waals surface area contributed by atoms with E-state index in [-0.39, 0.29) is 36.2 Å². The molecule has 2 saturated heterocycles. The Balaban J connectivity index is 1.29. The molecule has 7 rings (SSSR count). The van der Waals surface area contributed by atoms with Crippen molar-refractivity contribution in [3.63, 3.8) is 0 Å². The summed E-state index contributed by atoms with van der Waals surface area (Å²) in [5.74, 6) is -2.80. The molecule has 4 heterocycles. The molecule has 3 aromatic rings. The first-order chi connectivity index (χ1) is 19.0. The smallest absolute Gasteiger partial charge is 0.253 e. The minimum absolute atomic E-state index is 0.147. The number of rotatable bonds is 4. The number of hydrogen-bond donors (Lipinski definition) is 1. The molecule has 0 aromatic heterocycles. The standard InChI is InChI=1S/C31H28N4O4/c1-2-22-26-27(29(38)35(28(26)37)20-11-4-3-5-12-20)31(32-22)21-13-7-9-15-24(21)34(30(31)39)18-25(36)33-17-16-19-10-6-8-14-23(19)33/h3-15,22,26-27,32H,2,16-18H2,1H3/t22-,26-,27+,31-/m0/s1. The van der Waals surface area contributed by atoms with Gasteiger partial charge in [-0.15, -0.1) is 0 Å². The van der Waals surface area contributed by atoms with Gasteiger partial charge in [0.05, 0.1) is 17.5 Å². The molecule has 8 heteroatoms. The molecular weight excluding hydrogens is 492 g/mol. The van der Waals surface area contributed by atoms with Gasteiger partial charge in [-0.2, -0.15) is 0 Å². The summed E-state index contributed by atoms with van der Waals surface area (Å²) in [6.07, 6.45) is 1.34. The lowest BCUT2D eigenvalue weighted by molar-refractivity contribution is -0.132. The molecule has 4 atom stereocenters. The summed E-state index contributed by atoms with van der Waals surface area (Å²) in [6.45, 7) is 2.37. The van der Waals surface area contributed by atoms with Gasteiger partial charge in [-0.25, -0.2) is 4.90 Å². The van der Waals surface area contributed by atoms with Crippen LogP contribution in [0.1, 0.15) is 24.5 Å². The first-order valence-electron chi connectivity index (χ1n) is 13.5. The van der Waals surface area contributed by atoms with Gasteiger partial charge < -0.3 is 9.80 Å². The maximum atomic E-state index is 14.5. The van der Waals surface area contributed by atoms with Gasteiger partial charge in [0, 0.05) is 29.5 Å². The lowest BCUT2D eigenvalue weighted by Crippen LogP contribution is -2.56. The third kappa shape index (κ3) is 3.15. The van der Waals surface area contributed by atoms with Crippen LogP contribution < -0.4 is 20.0 Å². The van der Waals surface area contributed by atoms with Crippen molar-refractivity contribution in [3.8, 4) is 0 Å². The fraction of sp³-hybridized carbons (Fsp3) is 0.290. The van der Waals surface area contributed by atoms with Crippen LogP contribution in [0.15, 0.2) is 78.9 Å². The van der Waals surface area contributed by atoms with Crippen molar-refractivity contribution in [2.24, 2.45) is 11.8 Å². The van der Waals surface area contributed by atoms with Crippen LogP contribution in [0.2, 0.25) is 0 Å². The molecule has 0 bridgehead atoms. The van der Waals surface area contributed by atoms with Crippen molar-refractivity contribution in [3.05, 3.63) is 90.0 Å². The number of nitrogens with one attached hydrogen (secondary N) is 1. The van der Waals surface area contributed by atoms with Gasteiger partial charge in [-0.05, 0) is 42.7 Å². The fourth-order valence-corrected chi connectivity index (χ4v) is 7.11. The third-order valence-electron chi connectivity index (χ3n) is 8.80. The molecule has 0 radical (unpaired) electrons. The number of imide groups is 1. The highest BCUT2D eigenvalue weighted by Crippen LogP contribution is 2.55. The van der Waals surface area contributed by atoms with Crippen LogP contribution in [-0.4, -0.2) is 42.8 Å². The topological polar surface area (TPSA) is 90.0 Å². The molecular formula is C31H28N4O4. The second-order valence-electron chi connectivity index (χ2n) is 10.7. The zero-order valence-corrected chi connectivity index (χ0v) is 21.5. The Hall–Kier alpha value is -4.30. The number of fused-ring (bicyclic) bond motifs is 5. The number of amides is 4. The molecule has 3 aromatic carbocycles. The molecule has 1 spiro atoms. The Morgan fingerprint density at radius 3 is 2.36 bits per heavy atom. The van der Waals surface area contributed by atoms with E-state index in [0.29, 0.717) is 29.9 Å². The molecule has 0 unspecified atom stereocenters. The van der Waals surface area contributed by atoms with Crippen LogP contribution in [0.3, 0.4) is 0 Å². The van der Waals surface area contributed by atoms with E-state index < -0.39 is 17.4 Å². The summed E-state index contributed by atoms with van der Waals surface area (Å²) in [5, 5.41) is 3.46. The second kappa shape index (κ2) is 8.61. The zero-order chi connectivity index (χ0) is 26.9. The van der Waals surface area contributed by atoms with Crippen LogP contribution in [0.4, 0.5) is 17.1 Å². The van der Waals surface area contributed by atoms with Gasteiger partial charge in [0.15, 0.2) is 0 Å². The molecule has 2 fully saturated rings. The highest BCUT2D eigenvalue weighted by atomic mass is 16.2. The van der Waals surface area contributed by atoms with Crippen molar-refractivity contribution in [2.45, 2.75) is 31.3 Å². The van der Waals surface area contributed by atoms with E-state index in [4.69, 9.17) is 0 Å². The Bertz CT molecular complexity index is 1540. The number of benzene rings is 3. The monoisotopic (exact) mass is 520 g/mol. The third-order valence-corrected chi connectivity index (χ3v) is 8.80. The molecule has 4 aliphatic heterocycles. The highest BCUT2D eigenvalue weighted by Gasteiger charge is 2.71.